The molecule has 0 aliphatic carbocycles. The van der Waals surface area contributed by atoms with Crippen LogP contribution >= 0.6 is 24.4 Å². The molecule has 3 aliphatic heterocycles. The van der Waals surface area contributed by atoms with Crippen LogP contribution in [0.4, 0.5) is 24.5 Å². The maximum Gasteiger partial charge on any atom is 0.264 e. The molecule has 3 heterocycles. The Hall–Kier alpha value is -7.09. The molecule has 77 heavy (non-hydrogen) atoms. The minimum atomic E-state index is -0.846. The van der Waals surface area contributed by atoms with Gasteiger partial charge in [-0.05, 0) is 157 Å². The van der Waals surface area contributed by atoms with Crippen molar-refractivity contribution in [2.24, 2.45) is 0 Å². The topological polar surface area (TPSA) is 176 Å². The van der Waals surface area contributed by atoms with Crippen molar-refractivity contribution in [3.05, 3.63) is 209 Å². The van der Waals surface area contributed by atoms with Gasteiger partial charge in [-0.15, -0.1) is 0 Å². The van der Waals surface area contributed by atoms with Gasteiger partial charge in [0, 0.05) is 41.4 Å². The third kappa shape index (κ3) is 12.9. The number of aliphatic hydroxyl groups is 4. The molecule has 400 valence electrons. The summed E-state index contributed by atoms with van der Waals surface area (Å²) in [4.78, 5) is 3.57. The van der Waals surface area contributed by atoms with Crippen LogP contribution in [-0.4, -0.2) is 77.1 Å². The van der Waals surface area contributed by atoms with E-state index in [1.807, 2.05) is 71.6 Å². The van der Waals surface area contributed by atoms with Crippen LogP contribution in [0.5, 0.6) is 17.2 Å². The van der Waals surface area contributed by atoms with Gasteiger partial charge in [-0.1, -0.05) is 78.9 Å². The molecule has 7 N–H and O–H groups in total. The molecule has 0 bridgehead atoms. The summed E-state index contributed by atoms with van der Waals surface area (Å²) >= 11 is 11.1. The second-order valence-corrected chi connectivity index (χ2v) is 20.0. The van der Waals surface area contributed by atoms with E-state index in [2.05, 4.69) is 0 Å². The van der Waals surface area contributed by atoms with Gasteiger partial charge in [-0.2, -0.15) is 0 Å². The number of thiocarbonyl (C=S) groups is 2. The van der Waals surface area contributed by atoms with Crippen LogP contribution in [0.25, 0.3) is 11.1 Å². The van der Waals surface area contributed by atoms with Crippen molar-refractivity contribution in [2.75, 3.05) is 16.4 Å². The SMILES string of the molecule is OCC1CC(O)CC(c2ccc(-c3ccc(C4C(CCC(O)c5ccc(F)cc5)OC(=S)N4c4ccccc4)c(O)c3)cc2)O1.Oc1ccc(C2C(CCC(O)c3ccc(F)cc3)OC(=S)N2c2ccc(F)cc2)c(O)c1. The van der Waals surface area contributed by atoms with E-state index in [0.29, 0.717) is 66.5 Å². The first kappa shape index (κ1) is 54.7. The number of aliphatic hydroxyl groups excluding tert-OH is 4. The Morgan fingerprint density at radius 3 is 1.51 bits per heavy atom. The molecule has 0 saturated carbocycles. The van der Waals surface area contributed by atoms with Gasteiger partial charge >= 0.3 is 0 Å². The predicted molar refractivity (Wildman–Crippen MR) is 293 cm³/mol. The van der Waals surface area contributed by atoms with Gasteiger partial charge in [0.15, 0.2) is 0 Å². The first-order valence-electron chi connectivity index (χ1n) is 25.2. The van der Waals surface area contributed by atoms with Gasteiger partial charge in [0.1, 0.15) is 59.0 Å². The third-order valence-corrected chi connectivity index (χ3v) is 14.7. The highest BCUT2D eigenvalue weighted by atomic mass is 32.1. The van der Waals surface area contributed by atoms with Gasteiger partial charge in [-0.3, -0.25) is 9.80 Å². The quantitative estimate of drug-likeness (QED) is 0.0483. The summed E-state index contributed by atoms with van der Waals surface area (Å²) in [5.41, 5.74) is 6.33. The highest BCUT2D eigenvalue weighted by molar-refractivity contribution is 7.80. The molecule has 12 nitrogen and oxygen atoms in total. The lowest BCUT2D eigenvalue weighted by Crippen LogP contribution is -2.33. The Morgan fingerprint density at radius 2 is 1.01 bits per heavy atom. The number of phenolic OH excluding ortho intramolecular Hbond substituents is 3. The number of benzene rings is 7. The highest BCUT2D eigenvalue weighted by Crippen LogP contribution is 2.46. The van der Waals surface area contributed by atoms with E-state index in [0.717, 1.165) is 22.4 Å². The van der Waals surface area contributed by atoms with Crippen LogP contribution in [0.15, 0.2) is 164 Å². The standard InChI is InChI=1S/C36H36FNO6S.C24H21F2NO4S/c37-26-13-10-23(11-14-26)31(41)16-17-33-35(38(36(45)44-33)27-4-2-1-3-5-27)30-15-12-25(18-32(30)42)22-6-8-24(9-7-22)34-20-28(40)19-29(21-39)43-34;25-15-3-1-14(2-4-15)20(29)11-12-22-23(19-10-9-18(28)13-21(19)30)27(24(32)31-22)17-7-5-16(26)6-8-17/h1-15,18,28-29,31,33-35,39-42H,16-17,19-21H2;1-10,13,20,22-23,28-30H,11-12H2. The smallest absolute Gasteiger partial charge is 0.264 e. The summed E-state index contributed by atoms with van der Waals surface area (Å²) in [5.74, 6) is -1.29. The molecule has 3 fully saturated rings. The minimum Gasteiger partial charge on any atom is -0.508 e. The fourth-order valence-corrected chi connectivity index (χ4v) is 10.9. The lowest BCUT2D eigenvalue weighted by molar-refractivity contribution is -0.113. The molecule has 10 rings (SSSR count). The number of hydrogen-bond donors (Lipinski definition) is 7. The van der Waals surface area contributed by atoms with Gasteiger partial charge in [0.05, 0.1) is 37.1 Å². The molecule has 9 unspecified atom stereocenters. The first-order valence-corrected chi connectivity index (χ1v) is 26.0. The summed E-state index contributed by atoms with van der Waals surface area (Å²) in [6.45, 7) is -0.134. The third-order valence-electron chi connectivity index (χ3n) is 14.1. The highest BCUT2D eigenvalue weighted by Gasteiger charge is 2.44. The lowest BCUT2D eigenvalue weighted by atomic mass is 9.91. The summed E-state index contributed by atoms with van der Waals surface area (Å²) in [6, 6.07) is 43.3. The summed E-state index contributed by atoms with van der Waals surface area (Å²) in [5, 5.41) is 73.2. The Morgan fingerprint density at radius 1 is 0.545 bits per heavy atom. The van der Waals surface area contributed by atoms with Crippen molar-refractivity contribution in [3.8, 4) is 28.4 Å². The maximum atomic E-state index is 13.5. The molecule has 7 aromatic rings. The molecule has 3 saturated heterocycles. The number of ether oxygens (including phenoxy) is 3. The van der Waals surface area contributed by atoms with E-state index in [1.165, 1.54) is 60.7 Å². The van der Waals surface area contributed by atoms with Gasteiger partial charge in [0.2, 0.25) is 0 Å². The van der Waals surface area contributed by atoms with E-state index in [9.17, 15) is 48.9 Å². The largest absolute Gasteiger partial charge is 0.508 e. The van der Waals surface area contributed by atoms with E-state index >= 15 is 0 Å². The number of halogens is 3. The molecular weight excluding hydrogens is 1030 g/mol. The Bertz CT molecular complexity index is 3120. The molecule has 3 aliphatic rings. The van der Waals surface area contributed by atoms with Crippen molar-refractivity contribution in [2.45, 2.75) is 93.3 Å². The average molecular weight is 1090 g/mol. The first-order chi connectivity index (χ1) is 37.1. The molecule has 0 aromatic heterocycles. The number of anilines is 2. The maximum absolute atomic E-state index is 13.5. The van der Waals surface area contributed by atoms with E-state index in [1.54, 1.807) is 41.3 Å². The van der Waals surface area contributed by atoms with E-state index in [-0.39, 0.29) is 58.0 Å². The number of rotatable bonds is 15. The van der Waals surface area contributed by atoms with Gasteiger partial charge in [-0.25, -0.2) is 13.2 Å². The van der Waals surface area contributed by atoms with Crippen LogP contribution in [-0.2, 0) is 14.2 Å². The number of nitrogens with zero attached hydrogens (tertiary/aromatic N) is 2. The summed E-state index contributed by atoms with van der Waals surface area (Å²) in [6.07, 6.45) is -1.54. The second-order valence-electron chi connectivity index (χ2n) is 19.3. The van der Waals surface area contributed by atoms with Crippen molar-refractivity contribution in [3.63, 3.8) is 0 Å². The van der Waals surface area contributed by atoms with Crippen LogP contribution in [0.3, 0.4) is 0 Å². The molecule has 0 radical (unpaired) electrons. The number of hydrogen-bond acceptors (Lipinski definition) is 12. The van der Waals surface area contributed by atoms with E-state index in [4.69, 9.17) is 38.6 Å². The van der Waals surface area contributed by atoms with Crippen LogP contribution in [0, 0.1) is 17.5 Å². The van der Waals surface area contributed by atoms with Crippen LogP contribution in [0.2, 0.25) is 0 Å². The lowest BCUT2D eigenvalue weighted by Gasteiger charge is -2.32. The Balaban J connectivity index is 0.000000199. The normalized spacial score (nSPS) is 21.9. The fraction of sp³-hybridized carbons (Fsp3) is 0.267. The Labute approximate surface area is 454 Å². The van der Waals surface area contributed by atoms with Crippen LogP contribution < -0.4 is 9.80 Å². The second kappa shape index (κ2) is 24.5. The van der Waals surface area contributed by atoms with Crippen molar-refractivity contribution in [1.82, 2.24) is 0 Å². The molecule has 7 aromatic carbocycles. The zero-order valence-corrected chi connectivity index (χ0v) is 43.1. The predicted octanol–water partition coefficient (Wildman–Crippen LogP) is 11.6. The van der Waals surface area contributed by atoms with Gasteiger partial charge < -0.3 is 50.0 Å². The molecular formula is C60H57F3N2O10S2. The van der Waals surface area contributed by atoms with Gasteiger partial charge in [0.25, 0.3) is 10.3 Å². The molecule has 0 spiro atoms. The zero-order chi connectivity index (χ0) is 54.3. The van der Waals surface area contributed by atoms with Crippen molar-refractivity contribution in [1.29, 1.82) is 0 Å². The average Bonchev–Trinajstić information content (AvgIpc) is 3.95. The Kier molecular flexibility index (Phi) is 17.4. The monoisotopic (exact) mass is 1090 g/mol. The summed E-state index contributed by atoms with van der Waals surface area (Å²) < 4.78 is 58.1. The number of aromatic hydroxyl groups is 3. The molecule has 17 heteroatoms. The summed E-state index contributed by atoms with van der Waals surface area (Å²) in [7, 11) is 0. The van der Waals surface area contributed by atoms with Crippen LogP contribution in [0.1, 0.15) is 96.7 Å². The molecule has 0 amide bonds. The zero-order valence-electron chi connectivity index (χ0n) is 41.4. The number of phenols is 3. The fourth-order valence-electron chi connectivity index (χ4n) is 10.2. The van der Waals surface area contributed by atoms with Crippen molar-refractivity contribution < 1.29 is 63.1 Å². The van der Waals surface area contributed by atoms with Crippen molar-refractivity contribution >= 4 is 46.2 Å². The molecule has 9 atom stereocenters. The minimum absolute atomic E-state index is 0.0874. The number of para-hydroxylation sites is 1. The van der Waals surface area contributed by atoms with E-state index < -0.39 is 48.4 Å².